The molecule has 0 saturated carbocycles. The largest absolute Gasteiger partial charge is 0.463 e. The number of benzene rings is 2. The van der Waals surface area contributed by atoms with E-state index >= 15 is 0 Å². The smallest absolute Gasteiger partial charge is 0.309 e. The lowest BCUT2D eigenvalue weighted by Crippen LogP contribution is -2.35. The van der Waals surface area contributed by atoms with Crippen LogP contribution in [0.1, 0.15) is 42.9 Å². The summed E-state index contributed by atoms with van der Waals surface area (Å²) in [6.07, 6.45) is 5.10. The van der Waals surface area contributed by atoms with E-state index in [9.17, 15) is 14.4 Å². The number of rotatable bonds is 5. The first-order chi connectivity index (χ1) is 15.9. The van der Waals surface area contributed by atoms with Gasteiger partial charge in [-0.05, 0) is 36.1 Å². The summed E-state index contributed by atoms with van der Waals surface area (Å²) in [6, 6.07) is 16.3. The Morgan fingerprint density at radius 2 is 1.82 bits per heavy atom. The molecule has 2 atom stereocenters. The molecule has 0 radical (unpaired) electrons. The van der Waals surface area contributed by atoms with Gasteiger partial charge in [0.1, 0.15) is 6.61 Å². The third-order valence-electron chi connectivity index (χ3n) is 5.71. The number of allylic oxidation sites excluding steroid dienone is 2. The molecule has 0 saturated heterocycles. The maximum atomic E-state index is 12.9. The standard InChI is InChI=1S/C26H29ClN2O4/c1-29-23(20-8-4-2-5-9-20)18-33-26(32)21(10-6-3-7-11-25(29)31)16-24(30)28-17-19-12-14-22(27)15-13-19/h2-6,8-9,12-15,21,23H,7,10-11,16-18H2,1H3,(H,28,30)/t21-,23-/m0/s1. The van der Waals surface area contributed by atoms with Crippen molar-refractivity contribution < 1.29 is 19.1 Å². The zero-order chi connectivity index (χ0) is 23.6. The van der Waals surface area contributed by atoms with Gasteiger partial charge in [0.2, 0.25) is 11.8 Å². The number of hydrogen-bond donors (Lipinski definition) is 1. The number of likely N-dealkylation sites (N-methyl/N-ethyl adjacent to an activating group) is 1. The maximum Gasteiger partial charge on any atom is 0.309 e. The Hall–Kier alpha value is -3.12. The summed E-state index contributed by atoms with van der Waals surface area (Å²) >= 11 is 5.89. The number of carbonyl (C=O) groups is 3. The van der Waals surface area contributed by atoms with E-state index in [-0.39, 0.29) is 30.9 Å². The number of nitrogens with zero attached hydrogens (tertiary/aromatic N) is 1. The number of esters is 1. The molecule has 7 heteroatoms. The zero-order valence-electron chi connectivity index (χ0n) is 18.7. The summed E-state index contributed by atoms with van der Waals surface area (Å²) in [4.78, 5) is 39.7. The Morgan fingerprint density at radius 3 is 2.55 bits per heavy atom. The average Bonchev–Trinajstić information content (AvgIpc) is 2.82. The van der Waals surface area contributed by atoms with Gasteiger partial charge in [-0.15, -0.1) is 0 Å². The van der Waals surface area contributed by atoms with Crippen LogP contribution in [0.5, 0.6) is 0 Å². The van der Waals surface area contributed by atoms with Crippen LogP contribution in [-0.2, 0) is 25.7 Å². The molecule has 0 spiro atoms. The van der Waals surface area contributed by atoms with Crippen molar-refractivity contribution >= 4 is 29.4 Å². The first-order valence-corrected chi connectivity index (χ1v) is 11.4. The second kappa shape index (κ2) is 12.2. The van der Waals surface area contributed by atoms with E-state index in [1.807, 2.05) is 54.6 Å². The van der Waals surface area contributed by atoms with Gasteiger partial charge in [-0.1, -0.05) is 66.2 Å². The third-order valence-corrected chi connectivity index (χ3v) is 5.96. The molecule has 2 aromatic carbocycles. The maximum absolute atomic E-state index is 12.9. The van der Waals surface area contributed by atoms with Crippen LogP contribution in [0.15, 0.2) is 66.7 Å². The molecule has 0 unspecified atom stereocenters. The Balaban J connectivity index is 1.66. The molecule has 0 aliphatic carbocycles. The average molecular weight is 469 g/mol. The van der Waals surface area contributed by atoms with Crippen LogP contribution >= 0.6 is 11.6 Å². The summed E-state index contributed by atoms with van der Waals surface area (Å²) in [5.41, 5.74) is 1.82. The highest BCUT2D eigenvalue weighted by molar-refractivity contribution is 6.30. The van der Waals surface area contributed by atoms with Crippen LogP contribution < -0.4 is 5.32 Å². The fourth-order valence-electron chi connectivity index (χ4n) is 3.68. The molecule has 6 nitrogen and oxygen atoms in total. The number of amides is 2. The van der Waals surface area contributed by atoms with Gasteiger partial charge in [-0.3, -0.25) is 14.4 Å². The van der Waals surface area contributed by atoms with Gasteiger partial charge in [0, 0.05) is 31.5 Å². The molecule has 0 bridgehead atoms. The fourth-order valence-corrected chi connectivity index (χ4v) is 3.81. The predicted octanol–water partition coefficient (Wildman–Crippen LogP) is 4.45. The molecule has 1 aliphatic rings. The number of nitrogens with one attached hydrogen (secondary N) is 1. The van der Waals surface area contributed by atoms with E-state index in [4.69, 9.17) is 16.3 Å². The van der Waals surface area contributed by atoms with Crippen LogP contribution in [0, 0.1) is 5.92 Å². The van der Waals surface area contributed by atoms with Crippen molar-refractivity contribution in [1.82, 2.24) is 10.2 Å². The van der Waals surface area contributed by atoms with Crippen molar-refractivity contribution in [2.24, 2.45) is 5.92 Å². The minimum Gasteiger partial charge on any atom is -0.463 e. The predicted molar refractivity (Wildman–Crippen MR) is 127 cm³/mol. The Kier molecular flexibility index (Phi) is 9.07. The molecule has 2 amide bonds. The van der Waals surface area contributed by atoms with Gasteiger partial charge in [-0.25, -0.2) is 0 Å². The molecular formula is C26H29ClN2O4. The highest BCUT2D eigenvalue weighted by atomic mass is 35.5. The summed E-state index contributed by atoms with van der Waals surface area (Å²) < 4.78 is 5.63. The number of ether oxygens (including phenoxy) is 1. The van der Waals surface area contributed by atoms with Crippen LogP contribution in [0.3, 0.4) is 0 Å². The number of cyclic esters (lactones) is 1. The monoisotopic (exact) mass is 468 g/mol. The van der Waals surface area contributed by atoms with Gasteiger partial charge >= 0.3 is 5.97 Å². The van der Waals surface area contributed by atoms with Crippen molar-refractivity contribution in [2.75, 3.05) is 13.7 Å². The Labute approximate surface area is 199 Å². The van der Waals surface area contributed by atoms with E-state index in [0.717, 1.165) is 11.1 Å². The van der Waals surface area contributed by atoms with E-state index < -0.39 is 11.9 Å². The number of halogens is 1. The molecular weight excluding hydrogens is 440 g/mol. The number of hydrogen-bond acceptors (Lipinski definition) is 4. The van der Waals surface area contributed by atoms with Gasteiger partial charge in [0.15, 0.2) is 0 Å². The lowest BCUT2D eigenvalue weighted by atomic mass is 9.99. The van der Waals surface area contributed by atoms with Crippen LogP contribution in [0.25, 0.3) is 0 Å². The van der Waals surface area contributed by atoms with Crippen LogP contribution in [0.4, 0.5) is 0 Å². The van der Waals surface area contributed by atoms with Crippen molar-refractivity contribution in [3.05, 3.63) is 82.9 Å². The highest BCUT2D eigenvalue weighted by Crippen LogP contribution is 2.23. The second-order valence-corrected chi connectivity index (χ2v) is 8.55. The summed E-state index contributed by atoms with van der Waals surface area (Å²) in [5.74, 6) is -1.27. The van der Waals surface area contributed by atoms with E-state index in [1.165, 1.54) is 0 Å². The van der Waals surface area contributed by atoms with E-state index in [1.54, 1.807) is 24.1 Å². The molecule has 2 aromatic rings. The highest BCUT2D eigenvalue weighted by Gasteiger charge is 2.27. The minimum absolute atomic E-state index is 0.0109. The summed E-state index contributed by atoms with van der Waals surface area (Å²) in [6.45, 7) is 0.397. The molecule has 1 aliphatic heterocycles. The third kappa shape index (κ3) is 7.46. The first-order valence-electron chi connectivity index (χ1n) is 11.1. The summed E-state index contributed by atoms with van der Waals surface area (Å²) in [7, 11) is 1.73. The normalized spacial score (nSPS) is 19.9. The van der Waals surface area contributed by atoms with Gasteiger partial charge < -0.3 is 15.0 Å². The minimum atomic E-state index is -0.594. The lowest BCUT2D eigenvalue weighted by molar-refractivity contribution is -0.153. The quantitative estimate of drug-likeness (QED) is 0.519. The van der Waals surface area contributed by atoms with Crippen molar-refractivity contribution in [3.63, 3.8) is 0 Å². The Bertz CT molecular complexity index is 976. The molecule has 1 N–H and O–H groups in total. The Morgan fingerprint density at radius 1 is 1.09 bits per heavy atom. The molecule has 3 rings (SSSR count). The van der Waals surface area contributed by atoms with Crippen molar-refractivity contribution in [3.8, 4) is 0 Å². The van der Waals surface area contributed by atoms with Crippen molar-refractivity contribution in [1.29, 1.82) is 0 Å². The van der Waals surface area contributed by atoms with E-state index in [2.05, 4.69) is 5.32 Å². The number of carbonyl (C=O) groups excluding carboxylic acids is 3. The van der Waals surface area contributed by atoms with Gasteiger partial charge in [0.05, 0.1) is 12.0 Å². The van der Waals surface area contributed by atoms with Crippen molar-refractivity contribution in [2.45, 2.75) is 38.3 Å². The van der Waals surface area contributed by atoms with Crippen LogP contribution in [-0.4, -0.2) is 36.3 Å². The van der Waals surface area contributed by atoms with Gasteiger partial charge in [0.25, 0.3) is 0 Å². The van der Waals surface area contributed by atoms with E-state index in [0.29, 0.717) is 30.8 Å². The second-order valence-electron chi connectivity index (χ2n) is 8.11. The molecule has 174 valence electrons. The van der Waals surface area contributed by atoms with Crippen LogP contribution in [0.2, 0.25) is 5.02 Å². The lowest BCUT2D eigenvalue weighted by Gasteiger charge is -2.29. The molecule has 1 heterocycles. The SMILES string of the molecule is CN1C(=O)CCC=CC[C@@H](CC(=O)NCc2ccc(Cl)cc2)C(=O)OC[C@H]1c1ccccc1. The first kappa shape index (κ1) is 24.5. The van der Waals surface area contributed by atoms with Gasteiger partial charge in [-0.2, -0.15) is 0 Å². The topological polar surface area (TPSA) is 75.7 Å². The molecule has 33 heavy (non-hydrogen) atoms. The summed E-state index contributed by atoms with van der Waals surface area (Å²) in [5, 5.41) is 3.49. The molecule has 0 fully saturated rings. The molecule has 0 aromatic heterocycles. The zero-order valence-corrected chi connectivity index (χ0v) is 19.5. The fraction of sp³-hybridized carbons (Fsp3) is 0.346.